The Morgan fingerprint density at radius 1 is 1.43 bits per heavy atom. The van der Waals surface area contributed by atoms with Gasteiger partial charge in [-0.2, -0.15) is 0 Å². The molecule has 1 heterocycles. The Labute approximate surface area is 141 Å². The Balaban J connectivity index is 1.62. The van der Waals surface area contributed by atoms with Crippen LogP contribution in [0.2, 0.25) is 5.02 Å². The molecule has 2 fully saturated rings. The van der Waals surface area contributed by atoms with Gasteiger partial charge in [0, 0.05) is 17.5 Å². The van der Waals surface area contributed by atoms with Crippen LogP contribution in [0, 0.1) is 5.92 Å². The summed E-state index contributed by atoms with van der Waals surface area (Å²) in [6, 6.07) is 6.95. The lowest BCUT2D eigenvalue weighted by atomic mass is 9.94. The minimum Gasteiger partial charge on any atom is -0.484 e. The van der Waals surface area contributed by atoms with Gasteiger partial charge in [0.05, 0.1) is 25.4 Å². The SMILES string of the molecule is O=C(COc1cccc(Cl)c1)N1CCOC[C@@H]1[C@@H]1CCC[C@H]1O. The summed E-state index contributed by atoms with van der Waals surface area (Å²) in [6.45, 7) is 1.54. The molecule has 1 N–H and O–H groups in total. The van der Waals surface area contributed by atoms with Crippen LogP contribution in [0.15, 0.2) is 24.3 Å². The van der Waals surface area contributed by atoms with Gasteiger partial charge in [-0.3, -0.25) is 4.79 Å². The van der Waals surface area contributed by atoms with Crippen molar-refractivity contribution >= 4 is 17.5 Å². The van der Waals surface area contributed by atoms with Gasteiger partial charge >= 0.3 is 0 Å². The molecule has 1 saturated carbocycles. The number of aliphatic hydroxyl groups excluding tert-OH is 1. The molecular weight excluding hydrogens is 318 g/mol. The summed E-state index contributed by atoms with van der Waals surface area (Å²) in [5.41, 5.74) is 0. The number of morpholine rings is 1. The van der Waals surface area contributed by atoms with Crippen LogP contribution in [0.25, 0.3) is 0 Å². The summed E-state index contributed by atoms with van der Waals surface area (Å²) in [5.74, 6) is 0.611. The van der Waals surface area contributed by atoms with Gasteiger partial charge in [0.25, 0.3) is 5.91 Å². The van der Waals surface area contributed by atoms with Crippen LogP contribution in [0.5, 0.6) is 5.75 Å². The van der Waals surface area contributed by atoms with Crippen LogP contribution in [-0.4, -0.2) is 54.4 Å². The smallest absolute Gasteiger partial charge is 0.260 e. The van der Waals surface area contributed by atoms with Gasteiger partial charge < -0.3 is 19.5 Å². The van der Waals surface area contributed by atoms with E-state index < -0.39 is 0 Å². The lowest BCUT2D eigenvalue weighted by Crippen LogP contribution is -2.54. The third kappa shape index (κ3) is 3.97. The van der Waals surface area contributed by atoms with Gasteiger partial charge in [0.1, 0.15) is 5.75 Å². The van der Waals surface area contributed by atoms with E-state index in [1.807, 2.05) is 4.90 Å². The van der Waals surface area contributed by atoms with Crippen LogP contribution in [0.1, 0.15) is 19.3 Å². The number of hydrogen-bond donors (Lipinski definition) is 1. The number of carbonyl (C=O) groups is 1. The fraction of sp³-hybridized carbons (Fsp3) is 0.588. The number of aliphatic hydroxyl groups is 1. The number of halogens is 1. The quantitative estimate of drug-likeness (QED) is 0.912. The molecule has 0 spiro atoms. The summed E-state index contributed by atoms with van der Waals surface area (Å²) < 4.78 is 11.1. The molecule has 0 unspecified atom stereocenters. The minimum atomic E-state index is -0.342. The van der Waals surface area contributed by atoms with Crippen molar-refractivity contribution in [1.29, 1.82) is 0 Å². The highest BCUT2D eigenvalue weighted by Gasteiger charge is 2.39. The maximum atomic E-state index is 12.6. The molecule has 1 amide bonds. The molecule has 1 aliphatic heterocycles. The molecule has 1 saturated heterocycles. The standard InChI is InChI=1S/C17H22ClNO4/c18-12-3-1-4-13(9-12)23-11-17(21)19-7-8-22-10-15(19)14-5-2-6-16(14)20/h1,3-4,9,14-16,20H,2,5-8,10-11H2/t14-,15+,16+/m0/s1. The van der Waals surface area contributed by atoms with Crippen molar-refractivity contribution in [3.63, 3.8) is 0 Å². The number of nitrogens with zero attached hydrogens (tertiary/aromatic N) is 1. The molecule has 2 aliphatic rings. The van der Waals surface area contributed by atoms with Crippen LogP contribution < -0.4 is 4.74 Å². The average Bonchev–Trinajstić information content (AvgIpc) is 2.98. The summed E-state index contributed by atoms with van der Waals surface area (Å²) in [6.07, 6.45) is 2.41. The summed E-state index contributed by atoms with van der Waals surface area (Å²) in [4.78, 5) is 14.4. The number of rotatable bonds is 4. The minimum absolute atomic E-state index is 0.0281. The summed E-state index contributed by atoms with van der Waals surface area (Å²) >= 11 is 5.91. The van der Waals surface area contributed by atoms with Crippen molar-refractivity contribution in [2.24, 2.45) is 5.92 Å². The van der Waals surface area contributed by atoms with Gasteiger partial charge in [0.15, 0.2) is 6.61 Å². The molecule has 1 aromatic carbocycles. The van der Waals surface area contributed by atoms with Crippen LogP contribution in [0.4, 0.5) is 0 Å². The van der Waals surface area contributed by atoms with Gasteiger partial charge in [0.2, 0.25) is 0 Å². The predicted octanol–water partition coefficient (Wildman–Crippen LogP) is 2.11. The van der Waals surface area contributed by atoms with Crippen LogP contribution >= 0.6 is 11.6 Å². The van der Waals surface area contributed by atoms with E-state index in [0.29, 0.717) is 30.5 Å². The fourth-order valence-electron chi connectivity index (χ4n) is 3.49. The maximum Gasteiger partial charge on any atom is 0.260 e. The van der Waals surface area contributed by atoms with Crippen molar-refractivity contribution in [2.75, 3.05) is 26.4 Å². The highest BCUT2D eigenvalue weighted by atomic mass is 35.5. The monoisotopic (exact) mass is 339 g/mol. The van der Waals surface area contributed by atoms with E-state index in [2.05, 4.69) is 0 Å². The number of ether oxygens (including phenoxy) is 2. The average molecular weight is 340 g/mol. The molecule has 126 valence electrons. The van der Waals surface area contributed by atoms with Crippen molar-refractivity contribution in [3.05, 3.63) is 29.3 Å². The van der Waals surface area contributed by atoms with E-state index in [9.17, 15) is 9.90 Å². The van der Waals surface area contributed by atoms with Crippen LogP contribution in [0.3, 0.4) is 0 Å². The molecule has 1 aromatic rings. The number of amides is 1. The van der Waals surface area contributed by atoms with Gasteiger partial charge in [-0.1, -0.05) is 24.1 Å². The van der Waals surface area contributed by atoms with Crippen LogP contribution in [-0.2, 0) is 9.53 Å². The maximum absolute atomic E-state index is 12.6. The van der Waals surface area contributed by atoms with E-state index in [4.69, 9.17) is 21.1 Å². The third-order valence-electron chi connectivity index (χ3n) is 4.67. The Hall–Kier alpha value is -1.30. The zero-order valence-corrected chi connectivity index (χ0v) is 13.7. The van der Waals surface area contributed by atoms with Crippen molar-refractivity contribution in [1.82, 2.24) is 4.90 Å². The molecule has 6 heteroatoms. The zero-order valence-electron chi connectivity index (χ0n) is 13.0. The van der Waals surface area contributed by atoms with Crippen molar-refractivity contribution in [3.8, 4) is 5.75 Å². The highest BCUT2D eigenvalue weighted by Crippen LogP contribution is 2.32. The normalized spacial score (nSPS) is 27.9. The first-order valence-corrected chi connectivity index (χ1v) is 8.46. The van der Waals surface area contributed by atoms with Crippen molar-refractivity contribution < 1.29 is 19.4 Å². The van der Waals surface area contributed by atoms with E-state index in [-0.39, 0.29) is 30.6 Å². The first-order valence-electron chi connectivity index (χ1n) is 8.09. The van der Waals surface area contributed by atoms with Gasteiger partial charge in [-0.05, 0) is 31.0 Å². The summed E-state index contributed by atoms with van der Waals surface area (Å²) in [5, 5.41) is 10.7. The fourth-order valence-corrected chi connectivity index (χ4v) is 3.67. The van der Waals surface area contributed by atoms with E-state index in [1.165, 1.54) is 0 Å². The largest absolute Gasteiger partial charge is 0.484 e. The molecule has 0 aromatic heterocycles. The number of carbonyl (C=O) groups excluding carboxylic acids is 1. The lowest BCUT2D eigenvalue weighted by molar-refractivity contribution is -0.146. The molecule has 5 nitrogen and oxygen atoms in total. The molecule has 0 radical (unpaired) electrons. The molecule has 3 atom stereocenters. The van der Waals surface area contributed by atoms with E-state index in [1.54, 1.807) is 24.3 Å². The van der Waals surface area contributed by atoms with Gasteiger partial charge in [-0.15, -0.1) is 0 Å². The van der Waals surface area contributed by atoms with Crippen molar-refractivity contribution in [2.45, 2.75) is 31.4 Å². The lowest BCUT2D eigenvalue weighted by Gasteiger charge is -2.40. The molecular formula is C17H22ClNO4. The Kier molecular flexibility index (Phi) is 5.41. The second kappa shape index (κ2) is 7.51. The predicted molar refractivity (Wildman–Crippen MR) is 86.6 cm³/mol. The highest BCUT2D eigenvalue weighted by molar-refractivity contribution is 6.30. The van der Waals surface area contributed by atoms with E-state index >= 15 is 0 Å². The molecule has 3 rings (SSSR count). The second-order valence-electron chi connectivity index (χ2n) is 6.14. The number of benzene rings is 1. The first-order chi connectivity index (χ1) is 11.1. The molecule has 0 bridgehead atoms. The number of hydrogen-bond acceptors (Lipinski definition) is 4. The van der Waals surface area contributed by atoms with Gasteiger partial charge in [-0.25, -0.2) is 0 Å². The zero-order chi connectivity index (χ0) is 16.2. The second-order valence-corrected chi connectivity index (χ2v) is 6.57. The Bertz CT molecular complexity index is 553. The summed E-state index contributed by atoms with van der Waals surface area (Å²) in [7, 11) is 0. The Morgan fingerprint density at radius 2 is 2.30 bits per heavy atom. The first kappa shape index (κ1) is 16.6. The topological polar surface area (TPSA) is 59.0 Å². The molecule has 1 aliphatic carbocycles. The Morgan fingerprint density at radius 3 is 3.04 bits per heavy atom. The third-order valence-corrected chi connectivity index (χ3v) is 4.91. The van der Waals surface area contributed by atoms with E-state index in [0.717, 1.165) is 19.3 Å². The molecule has 23 heavy (non-hydrogen) atoms.